The quantitative estimate of drug-likeness (QED) is 0.698. The molecule has 2 rings (SSSR count). The number of hydrogen-bond acceptors (Lipinski definition) is 3. The fourth-order valence-electron chi connectivity index (χ4n) is 1.43. The molecule has 3 N–H and O–H groups in total. The van der Waals surface area contributed by atoms with Gasteiger partial charge in [0.05, 0.1) is 17.6 Å². The minimum Gasteiger partial charge on any atom is -0.383 e. The molecule has 0 saturated heterocycles. The number of anilines is 1. The highest BCUT2D eigenvalue weighted by atomic mass is 16.5. The van der Waals surface area contributed by atoms with Crippen LogP contribution in [0, 0.1) is 0 Å². The summed E-state index contributed by atoms with van der Waals surface area (Å²) in [4.78, 5) is 18.7. The van der Waals surface area contributed by atoms with E-state index in [0.29, 0.717) is 19.1 Å². The highest BCUT2D eigenvalue weighted by molar-refractivity contribution is 5.89. The van der Waals surface area contributed by atoms with Crippen LogP contribution in [0.2, 0.25) is 0 Å². The number of amides is 2. The Morgan fingerprint density at radius 3 is 3.06 bits per heavy atom. The van der Waals surface area contributed by atoms with Crippen LogP contribution in [-0.2, 0) is 4.74 Å². The zero-order chi connectivity index (χ0) is 12.1. The van der Waals surface area contributed by atoms with E-state index in [9.17, 15) is 4.79 Å². The van der Waals surface area contributed by atoms with Gasteiger partial charge in [-0.15, -0.1) is 0 Å². The smallest absolute Gasteiger partial charge is 0.321 e. The van der Waals surface area contributed by atoms with Crippen molar-refractivity contribution in [2.75, 3.05) is 25.6 Å². The van der Waals surface area contributed by atoms with Crippen molar-refractivity contribution in [1.82, 2.24) is 15.3 Å². The number of imidazole rings is 1. The van der Waals surface area contributed by atoms with Gasteiger partial charge in [0.2, 0.25) is 5.95 Å². The van der Waals surface area contributed by atoms with Crippen LogP contribution in [0.1, 0.15) is 0 Å². The summed E-state index contributed by atoms with van der Waals surface area (Å²) in [6.07, 6.45) is 0. The Kier molecular flexibility index (Phi) is 3.56. The molecule has 0 atom stereocenters. The van der Waals surface area contributed by atoms with Crippen LogP contribution in [0.4, 0.5) is 10.7 Å². The number of benzene rings is 1. The third kappa shape index (κ3) is 2.94. The number of H-pyrrole nitrogens is 1. The molecule has 0 radical (unpaired) electrons. The molecule has 0 aliphatic carbocycles. The molecule has 6 heteroatoms. The van der Waals surface area contributed by atoms with E-state index < -0.39 is 0 Å². The maximum Gasteiger partial charge on any atom is 0.321 e. The average molecular weight is 234 g/mol. The molecule has 0 aliphatic rings. The first-order chi connectivity index (χ1) is 8.29. The largest absolute Gasteiger partial charge is 0.383 e. The lowest BCUT2D eigenvalue weighted by atomic mass is 10.3. The predicted molar refractivity (Wildman–Crippen MR) is 65.0 cm³/mol. The first-order valence-electron chi connectivity index (χ1n) is 5.28. The number of nitrogens with zero attached hydrogens (tertiary/aromatic N) is 1. The van der Waals surface area contributed by atoms with Crippen LogP contribution < -0.4 is 10.6 Å². The first-order valence-corrected chi connectivity index (χ1v) is 5.28. The van der Waals surface area contributed by atoms with E-state index in [1.54, 1.807) is 7.11 Å². The maximum atomic E-state index is 11.4. The third-order valence-corrected chi connectivity index (χ3v) is 2.21. The first kappa shape index (κ1) is 11.4. The highest BCUT2D eigenvalue weighted by Gasteiger charge is 2.05. The Bertz CT molecular complexity index is 476. The number of urea groups is 1. The topological polar surface area (TPSA) is 79.0 Å². The van der Waals surface area contributed by atoms with Crippen molar-refractivity contribution in [1.29, 1.82) is 0 Å². The van der Waals surface area contributed by atoms with Crippen LogP contribution >= 0.6 is 0 Å². The fraction of sp³-hybridized carbons (Fsp3) is 0.273. The van der Waals surface area contributed by atoms with E-state index in [4.69, 9.17) is 4.74 Å². The monoisotopic (exact) mass is 234 g/mol. The second-order valence-corrected chi connectivity index (χ2v) is 3.48. The normalized spacial score (nSPS) is 10.4. The van der Waals surface area contributed by atoms with Gasteiger partial charge in [-0.05, 0) is 12.1 Å². The zero-order valence-corrected chi connectivity index (χ0v) is 9.49. The summed E-state index contributed by atoms with van der Waals surface area (Å²) in [5.41, 5.74) is 1.71. The fourth-order valence-corrected chi connectivity index (χ4v) is 1.43. The van der Waals surface area contributed by atoms with Crippen molar-refractivity contribution in [2.24, 2.45) is 0 Å². The second-order valence-electron chi connectivity index (χ2n) is 3.48. The van der Waals surface area contributed by atoms with Gasteiger partial charge in [0, 0.05) is 13.7 Å². The number of nitrogens with one attached hydrogen (secondary N) is 3. The van der Waals surface area contributed by atoms with Crippen LogP contribution in [0.25, 0.3) is 11.0 Å². The molecule has 1 aromatic heterocycles. The van der Waals surface area contributed by atoms with Crippen LogP contribution in [-0.4, -0.2) is 36.3 Å². The average Bonchev–Trinajstić information content (AvgIpc) is 2.71. The molecule has 2 amide bonds. The molecule has 0 bridgehead atoms. The second kappa shape index (κ2) is 5.31. The Morgan fingerprint density at radius 2 is 2.29 bits per heavy atom. The van der Waals surface area contributed by atoms with Crippen molar-refractivity contribution in [3.05, 3.63) is 24.3 Å². The SMILES string of the molecule is COCCNC(=O)Nc1nc2ccccc2[nH]1. The summed E-state index contributed by atoms with van der Waals surface area (Å²) in [7, 11) is 1.58. The Labute approximate surface area is 98.4 Å². The molecule has 17 heavy (non-hydrogen) atoms. The molecule has 1 aromatic carbocycles. The van der Waals surface area contributed by atoms with E-state index in [0.717, 1.165) is 11.0 Å². The lowest BCUT2D eigenvalue weighted by molar-refractivity contribution is 0.198. The number of methoxy groups -OCH3 is 1. The molecule has 0 saturated carbocycles. The summed E-state index contributed by atoms with van der Waals surface area (Å²) in [6, 6.07) is 7.27. The number of aromatic amines is 1. The Balaban J connectivity index is 1.96. The van der Waals surface area contributed by atoms with E-state index in [-0.39, 0.29) is 6.03 Å². The van der Waals surface area contributed by atoms with Crippen LogP contribution in [0.15, 0.2) is 24.3 Å². The summed E-state index contributed by atoms with van der Waals surface area (Å²) in [6.45, 7) is 0.941. The minimum absolute atomic E-state index is 0.305. The summed E-state index contributed by atoms with van der Waals surface area (Å²) >= 11 is 0. The molecule has 0 fully saturated rings. The molecule has 0 spiro atoms. The lowest BCUT2D eigenvalue weighted by Gasteiger charge is -2.03. The van der Waals surface area contributed by atoms with E-state index in [1.807, 2.05) is 24.3 Å². The third-order valence-electron chi connectivity index (χ3n) is 2.21. The number of para-hydroxylation sites is 2. The summed E-state index contributed by atoms with van der Waals surface area (Å²) in [5, 5.41) is 5.26. The number of fused-ring (bicyclic) bond motifs is 1. The molecular weight excluding hydrogens is 220 g/mol. The van der Waals surface area contributed by atoms with Crippen molar-refractivity contribution in [3.8, 4) is 0 Å². The van der Waals surface area contributed by atoms with Crippen molar-refractivity contribution < 1.29 is 9.53 Å². The Hall–Kier alpha value is -2.08. The van der Waals surface area contributed by atoms with Gasteiger partial charge in [0.25, 0.3) is 0 Å². The van der Waals surface area contributed by atoms with Gasteiger partial charge in [0.15, 0.2) is 0 Å². The van der Waals surface area contributed by atoms with Crippen molar-refractivity contribution in [3.63, 3.8) is 0 Å². The number of carbonyl (C=O) groups excluding carboxylic acids is 1. The van der Waals surface area contributed by atoms with Crippen molar-refractivity contribution >= 4 is 23.0 Å². The van der Waals surface area contributed by atoms with Gasteiger partial charge in [0.1, 0.15) is 0 Å². The highest BCUT2D eigenvalue weighted by Crippen LogP contribution is 2.12. The standard InChI is InChI=1S/C11H14N4O2/c1-17-7-6-12-11(16)15-10-13-8-4-2-3-5-9(8)14-10/h2-5H,6-7H2,1H3,(H3,12,13,14,15,16). The van der Waals surface area contributed by atoms with E-state index in [2.05, 4.69) is 20.6 Å². The van der Waals surface area contributed by atoms with Gasteiger partial charge in [-0.2, -0.15) is 0 Å². The molecule has 1 heterocycles. The lowest BCUT2D eigenvalue weighted by Crippen LogP contribution is -2.31. The van der Waals surface area contributed by atoms with Crippen molar-refractivity contribution in [2.45, 2.75) is 0 Å². The number of aromatic nitrogens is 2. The molecule has 2 aromatic rings. The molecule has 6 nitrogen and oxygen atoms in total. The van der Waals surface area contributed by atoms with Crippen LogP contribution in [0.5, 0.6) is 0 Å². The molecular formula is C11H14N4O2. The van der Waals surface area contributed by atoms with Gasteiger partial charge in [-0.25, -0.2) is 9.78 Å². The summed E-state index contributed by atoms with van der Waals surface area (Å²) < 4.78 is 4.82. The van der Waals surface area contributed by atoms with Gasteiger partial charge in [-0.3, -0.25) is 5.32 Å². The molecule has 0 aliphatic heterocycles. The summed E-state index contributed by atoms with van der Waals surface area (Å²) in [5.74, 6) is 0.432. The molecule has 0 unspecified atom stereocenters. The number of hydrogen-bond donors (Lipinski definition) is 3. The van der Waals surface area contributed by atoms with E-state index in [1.165, 1.54) is 0 Å². The van der Waals surface area contributed by atoms with Gasteiger partial charge >= 0.3 is 6.03 Å². The predicted octanol–water partition coefficient (Wildman–Crippen LogP) is 1.33. The van der Waals surface area contributed by atoms with Gasteiger partial charge < -0.3 is 15.0 Å². The van der Waals surface area contributed by atoms with Crippen LogP contribution in [0.3, 0.4) is 0 Å². The Morgan fingerprint density at radius 1 is 1.47 bits per heavy atom. The van der Waals surface area contributed by atoms with E-state index >= 15 is 0 Å². The number of rotatable bonds is 4. The molecule has 90 valence electrons. The number of ether oxygens (including phenoxy) is 1. The van der Waals surface area contributed by atoms with Gasteiger partial charge in [-0.1, -0.05) is 12.1 Å². The maximum absolute atomic E-state index is 11.4. The zero-order valence-electron chi connectivity index (χ0n) is 9.49. The number of carbonyl (C=O) groups is 1. The minimum atomic E-state index is -0.305.